The lowest BCUT2D eigenvalue weighted by Gasteiger charge is -2.20. The van der Waals surface area contributed by atoms with E-state index in [0.717, 1.165) is 15.8 Å². The quantitative estimate of drug-likeness (QED) is 0.599. The van der Waals surface area contributed by atoms with E-state index in [1.165, 1.54) is 4.68 Å². The van der Waals surface area contributed by atoms with Gasteiger partial charge in [0.2, 0.25) is 0 Å². The highest BCUT2D eigenvalue weighted by molar-refractivity contribution is 9.10. The van der Waals surface area contributed by atoms with Crippen molar-refractivity contribution in [2.45, 2.75) is 26.2 Å². The van der Waals surface area contributed by atoms with Gasteiger partial charge < -0.3 is 4.74 Å². The normalized spacial score (nSPS) is 12.0. The Labute approximate surface area is 160 Å². The molecule has 0 saturated heterocycles. The van der Waals surface area contributed by atoms with Crippen molar-refractivity contribution in [3.63, 3.8) is 0 Å². The van der Waals surface area contributed by atoms with Crippen LogP contribution in [0.4, 0.5) is 0 Å². The SMILES string of the molecule is COc1ccc(C=Nn2c(C(C)(C)C)nc3ccc(Br)cc3c2=O)cc1. The Morgan fingerprint density at radius 3 is 2.46 bits per heavy atom. The monoisotopic (exact) mass is 413 g/mol. The molecule has 0 aliphatic rings. The van der Waals surface area contributed by atoms with Crippen molar-refractivity contribution in [2.75, 3.05) is 7.11 Å². The average Bonchev–Trinajstić information content (AvgIpc) is 2.61. The predicted molar refractivity (Wildman–Crippen MR) is 108 cm³/mol. The van der Waals surface area contributed by atoms with Gasteiger partial charge >= 0.3 is 0 Å². The fourth-order valence-corrected chi connectivity index (χ4v) is 2.92. The van der Waals surface area contributed by atoms with E-state index in [9.17, 15) is 4.79 Å². The second kappa shape index (κ2) is 7.03. The molecule has 3 rings (SSSR count). The van der Waals surface area contributed by atoms with Crippen LogP contribution in [-0.2, 0) is 5.41 Å². The van der Waals surface area contributed by atoms with Crippen LogP contribution in [0.2, 0.25) is 0 Å². The fraction of sp³-hybridized carbons (Fsp3) is 0.250. The summed E-state index contributed by atoms with van der Waals surface area (Å²) in [6, 6.07) is 13.0. The van der Waals surface area contributed by atoms with Crippen LogP contribution in [0.15, 0.2) is 56.8 Å². The molecular formula is C20H20BrN3O2. The van der Waals surface area contributed by atoms with E-state index < -0.39 is 0 Å². The number of benzene rings is 2. The first-order chi connectivity index (χ1) is 12.3. The fourth-order valence-electron chi connectivity index (χ4n) is 2.56. The van der Waals surface area contributed by atoms with Gasteiger partial charge in [-0.2, -0.15) is 9.78 Å². The van der Waals surface area contributed by atoms with Gasteiger partial charge in [-0.1, -0.05) is 36.7 Å². The van der Waals surface area contributed by atoms with Crippen molar-refractivity contribution in [3.8, 4) is 5.75 Å². The van der Waals surface area contributed by atoms with Gasteiger partial charge in [0.15, 0.2) is 0 Å². The molecule has 0 amide bonds. The third kappa shape index (κ3) is 3.70. The number of nitrogens with zero attached hydrogens (tertiary/aromatic N) is 3. The molecular weight excluding hydrogens is 394 g/mol. The van der Waals surface area contributed by atoms with Crippen LogP contribution in [0, 0.1) is 0 Å². The first-order valence-corrected chi connectivity index (χ1v) is 9.00. The smallest absolute Gasteiger partial charge is 0.282 e. The van der Waals surface area contributed by atoms with Gasteiger partial charge in [0.25, 0.3) is 5.56 Å². The molecule has 134 valence electrons. The van der Waals surface area contributed by atoms with E-state index in [0.29, 0.717) is 16.7 Å². The highest BCUT2D eigenvalue weighted by atomic mass is 79.9. The maximum Gasteiger partial charge on any atom is 0.282 e. The number of ether oxygens (including phenoxy) is 1. The minimum absolute atomic E-state index is 0.189. The maximum absolute atomic E-state index is 13.0. The molecule has 0 unspecified atom stereocenters. The Morgan fingerprint density at radius 1 is 1.15 bits per heavy atom. The molecule has 5 nitrogen and oxygen atoms in total. The Morgan fingerprint density at radius 2 is 1.85 bits per heavy atom. The van der Waals surface area contributed by atoms with Gasteiger partial charge in [-0.3, -0.25) is 4.79 Å². The lowest BCUT2D eigenvalue weighted by atomic mass is 9.95. The molecule has 2 aromatic carbocycles. The van der Waals surface area contributed by atoms with E-state index in [1.807, 2.05) is 57.2 Å². The average molecular weight is 414 g/mol. The summed E-state index contributed by atoms with van der Waals surface area (Å²) in [6.45, 7) is 6.04. The standard InChI is InChI=1S/C20H20BrN3O2/c1-20(2,3)19-23-17-10-7-14(21)11-16(17)18(25)24(19)22-12-13-5-8-15(26-4)9-6-13/h5-12H,1-4H3. The van der Waals surface area contributed by atoms with Crippen LogP contribution in [0.1, 0.15) is 32.2 Å². The molecule has 0 aliphatic heterocycles. The number of rotatable bonds is 3. The Bertz CT molecular complexity index is 1030. The molecule has 0 atom stereocenters. The summed E-state index contributed by atoms with van der Waals surface area (Å²) in [5.41, 5.74) is 1.01. The minimum atomic E-state index is -0.336. The molecule has 0 bridgehead atoms. The summed E-state index contributed by atoms with van der Waals surface area (Å²) < 4.78 is 7.38. The number of hydrogen-bond acceptors (Lipinski definition) is 4. The first kappa shape index (κ1) is 18.3. The van der Waals surface area contributed by atoms with Crippen molar-refractivity contribution in [1.82, 2.24) is 9.66 Å². The second-order valence-corrected chi connectivity index (χ2v) is 7.90. The lowest BCUT2D eigenvalue weighted by molar-refractivity contribution is 0.415. The van der Waals surface area contributed by atoms with Crippen molar-refractivity contribution in [3.05, 3.63) is 68.7 Å². The van der Waals surface area contributed by atoms with E-state index in [2.05, 4.69) is 21.0 Å². The molecule has 0 fully saturated rings. The Balaban J connectivity index is 2.17. The third-order valence-corrected chi connectivity index (χ3v) is 4.41. The number of aromatic nitrogens is 2. The molecule has 6 heteroatoms. The van der Waals surface area contributed by atoms with Gasteiger partial charge in [0.05, 0.1) is 24.2 Å². The maximum atomic E-state index is 13.0. The van der Waals surface area contributed by atoms with Crippen LogP contribution in [0.25, 0.3) is 10.9 Å². The van der Waals surface area contributed by atoms with Gasteiger partial charge in [-0.25, -0.2) is 4.98 Å². The highest BCUT2D eigenvalue weighted by Crippen LogP contribution is 2.23. The van der Waals surface area contributed by atoms with E-state index >= 15 is 0 Å². The summed E-state index contributed by atoms with van der Waals surface area (Å²) >= 11 is 3.41. The molecule has 0 saturated carbocycles. The zero-order valence-electron chi connectivity index (χ0n) is 15.2. The molecule has 0 aliphatic carbocycles. The van der Waals surface area contributed by atoms with Crippen LogP contribution >= 0.6 is 15.9 Å². The van der Waals surface area contributed by atoms with Crippen molar-refractivity contribution in [1.29, 1.82) is 0 Å². The number of halogens is 1. The Hall–Kier alpha value is -2.47. The van der Waals surface area contributed by atoms with Crippen LogP contribution in [0.5, 0.6) is 5.75 Å². The summed E-state index contributed by atoms with van der Waals surface area (Å²) in [7, 11) is 1.62. The van der Waals surface area contributed by atoms with Gasteiger partial charge in [-0.15, -0.1) is 0 Å². The summed E-state index contributed by atoms with van der Waals surface area (Å²) in [4.78, 5) is 17.7. The van der Waals surface area contributed by atoms with Crippen LogP contribution < -0.4 is 10.3 Å². The zero-order valence-corrected chi connectivity index (χ0v) is 16.7. The van der Waals surface area contributed by atoms with Gasteiger partial charge in [0.1, 0.15) is 11.6 Å². The highest BCUT2D eigenvalue weighted by Gasteiger charge is 2.22. The van der Waals surface area contributed by atoms with E-state index in [1.54, 1.807) is 19.4 Å². The molecule has 26 heavy (non-hydrogen) atoms. The number of methoxy groups -OCH3 is 1. The summed E-state index contributed by atoms with van der Waals surface area (Å²) in [5, 5.41) is 4.97. The second-order valence-electron chi connectivity index (χ2n) is 6.98. The van der Waals surface area contributed by atoms with E-state index in [4.69, 9.17) is 9.72 Å². The number of fused-ring (bicyclic) bond motifs is 1. The van der Waals surface area contributed by atoms with Crippen LogP contribution in [-0.4, -0.2) is 23.0 Å². The van der Waals surface area contributed by atoms with E-state index in [-0.39, 0.29) is 11.0 Å². The predicted octanol–water partition coefficient (Wildman–Crippen LogP) is 4.35. The molecule has 0 N–H and O–H groups in total. The lowest BCUT2D eigenvalue weighted by Crippen LogP contribution is -2.29. The molecule has 0 spiro atoms. The number of hydrogen-bond donors (Lipinski definition) is 0. The molecule has 1 heterocycles. The topological polar surface area (TPSA) is 56.5 Å². The Kier molecular flexibility index (Phi) is 4.96. The van der Waals surface area contributed by atoms with Crippen molar-refractivity contribution in [2.24, 2.45) is 5.10 Å². The summed E-state index contributed by atoms with van der Waals surface area (Å²) in [6.07, 6.45) is 1.65. The van der Waals surface area contributed by atoms with Crippen molar-refractivity contribution >= 4 is 33.0 Å². The molecule has 3 aromatic rings. The van der Waals surface area contributed by atoms with Crippen LogP contribution in [0.3, 0.4) is 0 Å². The molecule has 0 radical (unpaired) electrons. The largest absolute Gasteiger partial charge is 0.497 e. The summed E-state index contributed by atoms with van der Waals surface area (Å²) in [5.74, 6) is 1.38. The zero-order chi connectivity index (χ0) is 18.9. The van der Waals surface area contributed by atoms with Crippen molar-refractivity contribution < 1.29 is 4.74 Å². The van der Waals surface area contributed by atoms with Gasteiger partial charge in [0, 0.05) is 9.89 Å². The van der Waals surface area contributed by atoms with Gasteiger partial charge in [-0.05, 0) is 48.0 Å². The first-order valence-electron chi connectivity index (χ1n) is 8.21. The third-order valence-electron chi connectivity index (χ3n) is 3.92. The minimum Gasteiger partial charge on any atom is -0.497 e. The molecule has 1 aromatic heterocycles.